The van der Waals surface area contributed by atoms with Gasteiger partial charge >= 0.3 is 5.97 Å². The van der Waals surface area contributed by atoms with Gasteiger partial charge in [-0.05, 0) is 24.5 Å². The fourth-order valence-electron chi connectivity index (χ4n) is 1.41. The molecule has 0 aliphatic rings. The van der Waals surface area contributed by atoms with E-state index in [9.17, 15) is 4.79 Å². The number of esters is 1. The van der Waals surface area contributed by atoms with E-state index >= 15 is 0 Å². The van der Waals surface area contributed by atoms with Crippen LogP contribution >= 0.6 is 0 Å². The van der Waals surface area contributed by atoms with E-state index in [2.05, 4.69) is 4.74 Å². The van der Waals surface area contributed by atoms with E-state index in [1.54, 1.807) is 0 Å². The zero-order chi connectivity index (χ0) is 11.3. The Morgan fingerprint density at radius 3 is 2.47 bits per heavy atom. The minimum atomic E-state index is -0.238. The number of aliphatic hydroxyl groups excluding tert-OH is 1. The summed E-state index contributed by atoms with van der Waals surface area (Å²) in [6.45, 7) is 1.96. The van der Waals surface area contributed by atoms with Crippen LogP contribution in [0.15, 0.2) is 24.3 Å². The van der Waals surface area contributed by atoms with Crippen LogP contribution in [0.5, 0.6) is 0 Å². The summed E-state index contributed by atoms with van der Waals surface area (Å²) in [6, 6.07) is 7.63. The molecule has 1 aromatic carbocycles. The Labute approximate surface area is 89.7 Å². The van der Waals surface area contributed by atoms with Gasteiger partial charge in [0.1, 0.15) is 0 Å². The normalized spacial score (nSPS) is 12.2. The van der Waals surface area contributed by atoms with Crippen LogP contribution in [0.2, 0.25) is 0 Å². The van der Waals surface area contributed by atoms with E-state index in [0.717, 1.165) is 11.1 Å². The first-order valence-electron chi connectivity index (χ1n) is 4.96. The SMILES string of the molecule is COC(=O)C(C)c1ccc(CCO)cc1. The molecular weight excluding hydrogens is 192 g/mol. The van der Waals surface area contributed by atoms with Crippen LogP contribution in [0.3, 0.4) is 0 Å². The number of ether oxygens (including phenoxy) is 1. The fraction of sp³-hybridized carbons (Fsp3) is 0.417. The van der Waals surface area contributed by atoms with Gasteiger partial charge in [-0.15, -0.1) is 0 Å². The minimum absolute atomic E-state index is 0.145. The summed E-state index contributed by atoms with van der Waals surface area (Å²) < 4.78 is 4.67. The highest BCUT2D eigenvalue weighted by molar-refractivity contribution is 5.77. The smallest absolute Gasteiger partial charge is 0.312 e. The van der Waals surface area contributed by atoms with Crippen molar-refractivity contribution in [3.05, 3.63) is 35.4 Å². The van der Waals surface area contributed by atoms with Crippen molar-refractivity contribution in [1.82, 2.24) is 0 Å². The number of hydrogen-bond donors (Lipinski definition) is 1. The molecule has 0 bridgehead atoms. The monoisotopic (exact) mass is 208 g/mol. The maximum Gasteiger partial charge on any atom is 0.312 e. The Morgan fingerprint density at radius 2 is 2.00 bits per heavy atom. The van der Waals surface area contributed by atoms with Crippen molar-refractivity contribution in [1.29, 1.82) is 0 Å². The molecule has 1 aromatic rings. The molecule has 1 unspecified atom stereocenters. The molecule has 15 heavy (non-hydrogen) atoms. The first kappa shape index (κ1) is 11.7. The lowest BCUT2D eigenvalue weighted by Gasteiger charge is -2.09. The molecule has 0 saturated heterocycles. The quantitative estimate of drug-likeness (QED) is 0.763. The van der Waals surface area contributed by atoms with Gasteiger partial charge in [0.15, 0.2) is 0 Å². The molecule has 0 spiro atoms. The van der Waals surface area contributed by atoms with Crippen molar-refractivity contribution in [2.24, 2.45) is 0 Å². The Bertz CT molecular complexity index is 316. The average Bonchev–Trinajstić information content (AvgIpc) is 2.28. The van der Waals surface area contributed by atoms with Crippen molar-refractivity contribution >= 4 is 5.97 Å². The van der Waals surface area contributed by atoms with E-state index in [4.69, 9.17) is 5.11 Å². The second kappa shape index (κ2) is 5.51. The summed E-state index contributed by atoms with van der Waals surface area (Å²) in [5, 5.41) is 8.75. The lowest BCUT2D eigenvalue weighted by atomic mass is 9.99. The largest absolute Gasteiger partial charge is 0.469 e. The maximum atomic E-state index is 11.3. The number of rotatable bonds is 4. The van der Waals surface area contributed by atoms with Crippen LogP contribution < -0.4 is 0 Å². The summed E-state index contributed by atoms with van der Waals surface area (Å²) in [6.07, 6.45) is 0.646. The van der Waals surface area contributed by atoms with Crippen LogP contribution in [0, 0.1) is 0 Å². The third-order valence-corrected chi connectivity index (χ3v) is 2.43. The number of hydrogen-bond acceptors (Lipinski definition) is 3. The van der Waals surface area contributed by atoms with Gasteiger partial charge in [-0.25, -0.2) is 0 Å². The molecule has 0 aromatic heterocycles. The van der Waals surface area contributed by atoms with E-state index in [-0.39, 0.29) is 18.5 Å². The second-order valence-corrected chi connectivity index (χ2v) is 3.46. The number of aliphatic hydroxyl groups is 1. The molecular formula is C12H16O3. The van der Waals surface area contributed by atoms with Crippen LogP contribution in [0.4, 0.5) is 0 Å². The molecule has 82 valence electrons. The first-order valence-corrected chi connectivity index (χ1v) is 4.96. The van der Waals surface area contributed by atoms with Crippen molar-refractivity contribution in [3.63, 3.8) is 0 Å². The van der Waals surface area contributed by atoms with E-state index < -0.39 is 0 Å². The molecule has 0 heterocycles. The molecule has 0 aliphatic carbocycles. The highest BCUT2D eigenvalue weighted by Gasteiger charge is 2.14. The molecule has 1 atom stereocenters. The molecule has 0 fully saturated rings. The van der Waals surface area contributed by atoms with Crippen molar-refractivity contribution in [2.45, 2.75) is 19.3 Å². The zero-order valence-electron chi connectivity index (χ0n) is 9.06. The summed E-state index contributed by atoms with van der Waals surface area (Å²) in [4.78, 5) is 11.3. The van der Waals surface area contributed by atoms with Crippen molar-refractivity contribution in [2.75, 3.05) is 13.7 Å². The van der Waals surface area contributed by atoms with E-state index in [0.29, 0.717) is 6.42 Å². The second-order valence-electron chi connectivity index (χ2n) is 3.46. The summed E-state index contributed by atoms with van der Waals surface area (Å²) in [7, 11) is 1.39. The Morgan fingerprint density at radius 1 is 1.40 bits per heavy atom. The highest BCUT2D eigenvalue weighted by atomic mass is 16.5. The molecule has 0 aliphatic heterocycles. The number of carbonyl (C=O) groups excluding carboxylic acids is 1. The van der Waals surface area contributed by atoms with Gasteiger partial charge in [0, 0.05) is 6.61 Å². The molecule has 1 rings (SSSR count). The van der Waals surface area contributed by atoms with Crippen LogP contribution in [-0.4, -0.2) is 24.8 Å². The van der Waals surface area contributed by atoms with Crippen LogP contribution in [-0.2, 0) is 16.0 Å². The molecule has 0 saturated carbocycles. The predicted molar refractivity (Wildman–Crippen MR) is 57.7 cm³/mol. The topological polar surface area (TPSA) is 46.5 Å². The van der Waals surface area contributed by atoms with Crippen molar-refractivity contribution in [3.8, 4) is 0 Å². The lowest BCUT2D eigenvalue weighted by Crippen LogP contribution is -2.10. The number of carbonyl (C=O) groups is 1. The highest BCUT2D eigenvalue weighted by Crippen LogP contribution is 2.17. The predicted octanol–water partition coefficient (Wildman–Crippen LogP) is 1.50. The standard InChI is InChI=1S/C12H16O3/c1-9(12(14)15-2)11-5-3-10(4-6-11)7-8-13/h3-6,9,13H,7-8H2,1-2H3. The van der Waals surface area contributed by atoms with Gasteiger partial charge in [-0.1, -0.05) is 24.3 Å². The zero-order valence-corrected chi connectivity index (χ0v) is 9.06. The van der Waals surface area contributed by atoms with Gasteiger partial charge in [-0.2, -0.15) is 0 Å². The van der Waals surface area contributed by atoms with Gasteiger partial charge in [0.05, 0.1) is 13.0 Å². The summed E-state index contributed by atoms with van der Waals surface area (Å²) >= 11 is 0. The van der Waals surface area contributed by atoms with Gasteiger partial charge in [-0.3, -0.25) is 4.79 Å². The lowest BCUT2D eigenvalue weighted by molar-refractivity contribution is -0.141. The van der Waals surface area contributed by atoms with E-state index in [1.165, 1.54) is 7.11 Å². The van der Waals surface area contributed by atoms with Crippen LogP contribution in [0.1, 0.15) is 24.0 Å². The maximum absolute atomic E-state index is 11.3. The van der Waals surface area contributed by atoms with Gasteiger partial charge in [0.2, 0.25) is 0 Å². The third-order valence-electron chi connectivity index (χ3n) is 2.43. The summed E-state index contributed by atoms with van der Waals surface area (Å²) in [5.74, 6) is -0.469. The average molecular weight is 208 g/mol. The number of benzene rings is 1. The molecule has 0 radical (unpaired) electrons. The Kier molecular flexibility index (Phi) is 4.31. The Hall–Kier alpha value is -1.35. The molecule has 3 nitrogen and oxygen atoms in total. The van der Waals surface area contributed by atoms with Crippen molar-refractivity contribution < 1.29 is 14.6 Å². The minimum Gasteiger partial charge on any atom is -0.469 e. The molecule has 1 N–H and O–H groups in total. The van der Waals surface area contributed by atoms with E-state index in [1.807, 2.05) is 31.2 Å². The number of methoxy groups -OCH3 is 1. The van der Waals surface area contributed by atoms with Gasteiger partial charge < -0.3 is 9.84 Å². The first-order chi connectivity index (χ1) is 7.19. The Balaban J connectivity index is 2.75. The van der Waals surface area contributed by atoms with Crippen LogP contribution in [0.25, 0.3) is 0 Å². The molecule has 3 heteroatoms. The van der Waals surface area contributed by atoms with Gasteiger partial charge in [0.25, 0.3) is 0 Å². The third kappa shape index (κ3) is 3.06. The fourth-order valence-corrected chi connectivity index (χ4v) is 1.41. The summed E-state index contributed by atoms with van der Waals surface area (Å²) in [5.41, 5.74) is 2.00. The molecule has 0 amide bonds.